The van der Waals surface area contributed by atoms with Crippen molar-refractivity contribution in [3.8, 4) is 0 Å². The first kappa shape index (κ1) is 19.5. The van der Waals surface area contributed by atoms with Crippen LogP contribution in [0.5, 0.6) is 0 Å². The third kappa shape index (κ3) is 5.31. The molecular weight excluding hydrogens is 321 g/mol. The molecule has 0 bridgehead atoms. The van der Waals surface area contributed by atoms with Gasteiger partial charge in [0.1, 0.15) is 6.61 Å². The van der Waals surface area contributed by atoms with Crippen molar-refractivity contribution in [3.05, 3.63) is 35.9 Å². The van der Waals surface area contributed by atoms with Gasteiger partial charge < -0.3 is 20.1 Å². The SMILES string of the molecule is CCC[C@H](NC(=O)C1(CC(=O)OCc2ccccc2)CCC1)B(O)O. The van der Waals surface area contributed by atoms with Gasteiger partial charge in [-0.15, -0.1) is 0 Å². The second kappa shape index (κ2) is 9.01. The Kier molecular flexibility index (Phi) is 7.02. The van der Waals surface area contributed by atoms with Crippen LogP contribution < -0.4 is 5.32 Å². The number of hydrogen-bond donors (Lipinski definition) is 3. The Balaban J connectivity index is 1.90. The van der Waals surface area contributed by atoms with Crippen molar-refractivity contribution in [1.82, 2.24) is 5.32 Å². The summed E-state index contributed by atoms with van der Waals surface area (Å²) in [6, 6.07) is 9.38. The monoisotopic (exact) mass is 347 g/mol. The number of amides is 1. The van der Waals surface area contributed by atoms with Gasteiger partial charge in [0, 0.05) is 0 Å². The van der Waals surface area contributed by atoms with Crippen molar-refractivity contribution in [2.45, 2.75) is 58.0 Å². The van der Waals surface area contributed by atoms with E-state index in [-0.39, 0.29) is 18.9 Å². The Bertz CT molecular complexity index is 574. The number of hydrogen-bond acceptors (Lipinski definition) is 5. The van der Waals surface area contributed by atoms with E-state index in [0.717, 1.165) is 12.0 Å². The number of carbonyl (C=O) groups is 2. The van der Waals surface area contributed by atoms with Crippen LogP contribution in [-0.2, 0) is 20.9 Å². The van der Waals surface area contributed by atoms with Gasteiger partial charge in [0.05, 0.1) is 17.8 Å². The zero-order valence-electron chi connectivity index (χ0n) is 14.6. The molecule has 7 heteroatoms. The first-order chi connectivity index (χ1) is 12.0. The van der Waals surface area contributed by atoms with E-state index in [1.165, 1.54) is 0 Å². The van der Waals surface area contributed by atoms with Crippen LogP contribution >= 0.6 is 0 Å². The van der Waals surface area contributed by atoms with Crippen molar-refractivity contribution in [1.29, 1.82) is 0 Å². The molecule has 25 heavy (non-hydrogen) atoms. The normalized spacial score (nSPS) is 16.4. The lowest BCUT2D eigenvalue weighted by Gasteiger charge is -2.40. The summed E-state index contributed by atoms with van der Waals surface area (Å²) < 4.78 is 5.29. The highest BCUT2D eigenvalue weighted by Crippen LogP contribution is 2.44. The van der Waals surface area contributed by atoms with E-state index in [1.807, 2.05) is 37.3 Å². The van der Waals surface area contributed by atoms with Crippen LogP contribution in [0.15, 0.2) is 30.3 Å². The van der Waals surface area contributed by atoms with Crippen molar-refractivity contribution in [3.63, 3.8) is 0 Å². The maximum absolute atomic E-state index is 12.6. The molecule has 1 aliphatic carbocycles. The van der Waals surface area contributed by atoms with E-state index in [2.05, 4.69) is 5.32 Å². The molecule has 0 saturated heterocycles. The van der Waals surface area contributed by atoms with Crippen molar-refractivity contribution in [2.75, 3.05) is 0 Å². The summed E-state index contributed by atoms with van der Waals surface area (Å²) in [6.45, 7) is 2.09. The maximum atomic E-state index is 12.6. The number of benzene rings is 1. The van der Waals surface area contributed by atoms with E-state index < -0.39 is 24.4 Å². The van der Waals surface area contributed by atoms with Crippen LogP contribution in [0.3, 0.4) is 0 Å². The Labute approximate surface area is 148 Å². The minimum Gasteiger partial charge on any atom is -0.461 e. The van der Waals surface area contributed by atoms with E-state index in [4.69, 9.17) is 4.74 Å². The minimum atomic E-state index is -1.61. The molecule has 1 fully saturated rings. The summed E-state index contributed by atoms with van der Waals surface area (Å²) in [5, 5.41) is 21.5. The molecule has 1 aromatic rings. The molecule has 0 spiro atoms. The van der Waals surface area contributed by atoms with E-state index in [0.29, 0.717) is 25.7 Å². The second-order valence-corrected chi connectivity index (χ2v) is 6.74. The van der Waals surface area contributed by atoms with Crippen LogP contribution in [0.25, 0.3) is 0 Å². The summed E-state index contributed by atoms with van der Waals surface area (Å²) in [4.78, 5) is 24.8. The Morgan fingerprint density at radius 2 is 1.96 bits per heavy atom. The second-order valence-electron chi connectivity index (χ2n) is 6.74. The molecule has 1 saturated carbocycles. The average Bonchev–Trinajstić information content (AvgIpc) is 2.56. The zero-order valence-corrected chi connectivity index (χ0v) is 14.6. The fraction of sp³-hybridized carbons (Fsp3) is 0.556. The third-order valence-electron chi connectivity index (χ3n) is 4.79. The molecular formula is C18H26BNO5. The molecule has 2 rings (SSSR count). The van der Waals surface area contributed by atoms with Crippen LogP contribution in [0.4, 0.5) is 0 Å². The van der Waals surface area contributed by atoms with Gasteiger partial charge in [-0.2, -0.15) is 0 Å². The van der Waals surface area contributed by atoms with Crippen molar-refractivity contribution >= 4 is 19.0 Å². The maximum Gasteiger partial charge on any atom is 0.475 e. The summed E-state index contributed by atoms with van der Waals surface area (Å²) >= 11 is 0. The fourth-order valence-corrected chi connectivity index (χ4v) is 3.08. The minimum absolute atomic E-state index is 0.0199. The van der Waals surface area contributed by atoms with Gasteiger partial charge >= 0.3 is 13.1 Å². The number of esters is 1. The highest BCUT2D eigenvalue weighted by atomic mass is 16.5. The lowest BCUT2D eigenvalue weighted by atomic mass is 9.65. The number of ether oxygens (including phenoxy) is 1. The lowest BCUT2D eigenvalue weighted by Crippen LogP contribution is -2.54. The van der Waals surface area contributed by atoms with Gasteiger partial charge in [-0.25, -0.2) is 0 Å². The summed E-state index contributed by atoms with van der Waals surface area (Å²) in [5.74, 6) is -1.41. The molecule has 0 aliphatic heterocycles. The van der Waals surface area contributed by atoms with Gasteiger partial charge in [0.25, 0.3) is 0 Å². The molecule has 1 aromatic carbocycles. The molecule has 0 aromatic heterocycles. The smallest absolute Gasteiger partial charge is 0.461 e. The zero-order chi connectivity index (χ0) is 18.3. The number of carbonyl (C=O) groups excluding carboxylic acids is 2. The molecule has 0 unspecified atom stereocenters. The first-order valence-electron chi connectivity index (χ1n) is 8.83. The Morgan fingerprint density at radius 1 is 1.28 bits per heavy atom. The predicted molar refractivity (Wildman–Crippen MR) is 94.2 cm³/mol. The van der Waals surface area contributed by atoms with E-state index in [1.54, 1.807) is 0 Å². The lowest BCUT2D eigenvalue weighted by molar-refractivity contribution is -0.155. The molecule has 0 heterocycles. The molecule has 1 aliphatic rings. The number of nitrogens with one attached hydrogen (secondary N) is 1. The van der Waals surface area contributed by atoms with E-state index in [9.17, 15) is 19.6 Å². The molecule has 0 radical (unpaired) electrons. The van der Waals surface area contributed by atoms with Crippen molar-refractivity contribution in [2.24, 2.45) is 5.41 Å². The predicted octanol–water partition coefficient (Wildman–Crippen LogP) is 1.59. The van der Waals surface area contributed by atoms with Crippen molar-refractivity contribution < 1.29 is 24.4 Å². The highest BCUT2D eigenvalue weighted by Gasteiger charge is 2.47. The number of rotatable bonds is 9. The van der Waals surface area contributed by atoms with Gasteiger partial charge in [-0.1, -0.05) is 50.1 Å². The third-order valence-corrected chi connectivity index (χ3v) is 4.79. The first-order valence-corrected chi connectivity index (χ1v) is 8.83. The summed E-state index contributed by atoms with van der Waals surface area (Å²) in [6.07, 6.45) is 3.30. The largest absolute Gasteiger partial charge is 0.475 e. The summed E-state index contributed by atoms with van der Waals surface area (Å²) in [5.41, 5.74) is 0.114. The highest BCUT2D eigenvalue weighted by molar-refractivity contribution is 6.43. The topological polar surface area (TPSA) is 95.9 Å². The van der Waals surface area contributed by atoms with Crippen LogP contribution in [-0.4, -0.2) is 35.0 Å². The Morgan fingerprint density at radius 3 is 2.48 bits per heavy atom. The van der Waals surface area contributed by atoms with Gasteiger partial charge in [-0.3, -0.25) is 9.59 Å². The summed E-state index contributed by atoms with van der Waals surface area (Å²) in [7, 11) is -1.61. The van der Waals surface area contributed by atoms with Gasteiger partial charge in [0.2, 0.25) is 5.91 Å². The van der Waals surface area contributed by atoms with Crippen LogP contribution in [0.2, 0.25) is 0 Å². The fourth-order valence-electron chi connectivity index (χ4n) is 3.08. The molecule has 1 atom stereocenters. The molecule has 3 N–H and O–H groups in total. The Hall–Kier alpha value is -1.86. The van der Waals surface area contributed by atoms with E-state index >= 15 is 0 Å². The van der Waals surface area contributed by atoms with Crippen LogP contribution in [0, 0.1) is 5.41 Å². The quantitative estimate of drug-likeness (QED) is 0.466. The van der Waals surface area contributed by atoms with Gasteiger partial charge in [-0.05, 0) is 24.8 Å². The van der Waals surface area contributed by atoms with Gasteiger partial charge in [0.15, 0.2) is 0 Å². The molecule has 136 valence electrons. The molecule has 6 nitrogen and oxygen atoms in total. The van der Waals surface area contributed by atoms with Crippen LogP contribution in [0.1, 0.15) is 51.0 Å². The standard InChI is InChI=1S/C18H26BNO5/c1-2-7-15(19(23)24)20-17(22)18(10-6-11-18)12-16(21)25-13-14-8-4-3-5-9-14/h3-5,8-9,15,23-24H,2,6-7,10-13H2,1H3,(H,20,22)/t15-/m0/s1. The molecule has 1 amide bonds. The average molecular weight is 347 g/mol.